The van der Waals surface area contributed by atoms with Crippen LogP contribution in [0.1, 0.15) is 5.76 Å². The number of rotatable bonds is 4. The zero-order valence-electron chi connectivity index (χ0n) is 12.6. The highest BCUT2D eigenvalue weighted by molar-refractivity contribution is 6.30. The molecule has 0 saturated heterocycles. The Bertz CT molecular complexity index is 842. The Morgan fingerprint density at radius 2 is 1.75 bits per heavy atom. The number of para-hydroxylation sites is 1. The van der Waals surface area contributed by atoms with Gasteiger partial charge >= 0.3 is 6.03 Å². The lowest BCUT2D eigenvalue weighted by molar-refractivity contribution is 0.252. The molecule has 0 aliphatic rings. The third kappa shape index (κ3) is 4.24. The summed E-state index contributed by atoms with van der Waals surface area (Å²) in [7, 11) is 0. The van der Waals surface area contributed by atoms with Gasteiger partial charge in [-0.05, 0) is 48.5 Å². The molecule has 0 spiro atoms. The predicted molar refractivity (Wildman–Crippen MR) is 95.3 cm³/mol. The molecule has 24 heavy (non-hydrogen) atoms. The smallest absolute Gasteiger partial charge is 0.339 e. The first-order valence-corrected chi connectivity index (χ1v) is 7.59. The molecule has 0 fully saturated rings. The molecule has 6 heteroatoms. The third-order valence-corrected chi connectivity index (χ3v) is 3.40. The van der Waals surface area contributed by atoms with Gasteiger partial charge in [0.05, 0.1) is 6.21 Å². The van der Waals surface area contributed by atoms with Crippen LogP contribution in [0.2, 0.25) is 5.02 Å². The van der Waals surface area contributed by atoms with Crippen LogP contribution < -0.4 is 10.7 Å². The van der Waals surface area contributed by atoms with Crippen LogP contribution in [0, 0.1) is 0 Å². The minimum atomic E-state index is -0.429. The summed E-state index contributed by atoms with van der Waals surface area (Å²) in [6.45, 7) is 0. The summed E-state index contributed by atoms with van der Waals surface area (Å²) < 4.78 is 5.65. The molecule has 0 aliphatic heterocycles. The molecule has 0 atom stereocenters. The van der Waals surface area contributed by atoms with Crippen molar-refractivity contribution in [1.29, 1.82) is 0 Å². The fourth-order valence-electron chi connectivity index (χ4n) is 2.03. The van der Waals surface area contributed by atoms with E-state index in [-0.39, 0.29) is 0 Å². The first-order chi connectivity index (χ1) is 11.7. The summed E-state index contributed by atoms with van der Waals surface area (Å²) in [5, 5.41) is 7.18. The Morgan fingerprint density at radius 1 is 1.00 bits per heavy atom. The summed E-state index contributed by atoms with van der Waals surface area (Å²) >= 11 is 5.86. The highest BCUT2D eigenvalue weighted by Crippen LogP contribution is 2.23. The molecule has 120 valence electrons. The second kappa shape index (κ2) is 7.48. The molecule has 2 N–H and O–H groups in total. The van der Waals surface area contributed by atoms with Crippen molar-refractivity contribution in [1.82, 2.24) is 5.43 Å². The molecule has 3 aromatic rings. The maximum absolute atomic E-state index is 11.7. The third-order valence-electron chi connectivity index (χ3n) is 3.15. The second-order valence-electron chi connectivity index (χ2n) is 4.90. The fraction of sp³-hybridized carbons (Fsp3) is 0. The summed E-state index contributed by atoms with van der Waals surface area (Å²) in [6, 6.07) is 19.6. The average molecular weight is 340 g/mol. The van der Waals surface area contributed by atoms with E-state index in [1.807, 2.05) is 36.4 Å². The summed E-state index contributed by atoms with van der Waals surface area (Å²) in [6.07, 6.45) is 1.43. The van der Waals surface area contributed by atoms with Crippen molar-refractivity contribution in [3.8, 4) is 11.3 Å². The molecule has 0 saturated carbocycles. The van der Waals surface area contributed by atoms with Gasteiger partial charge in [-0.25, -0.2) is 10.2 Å². The summed E-state index contributed by atoms with van der Waals surface area (Å²) in [5.74, 6) is 1.22. The molecule has 0 radical (unpaired) electrons. The van der Waals surface area contributed by atoms with Crippen LogP contribution in [0.3, 0.4) is 0 Å². The van der Waals surface area contributed by atoms with Crippen LogP contribution in [-0.4, -0.2) is 12.2 Å². The number of nitrogens with one attached hydrogen (secondary N) is 2. The molecule has 2 amide bonds. The first-order valence-electron chi connectivity index (χ1n) is 7.21. The number of hydrazone groups is 1. The molecule has 0 bridgehead atoms. The predicted octanol–water partition coefficient (Wildman–Crippen LogP) is 4.76. The van der Waals surface area contributed by atoms with Gasteiger partial charge in [-0.2, -0.15) is 5.10 Å². The Labute approximate surface area is 143 Å². The maximum atomic E-state index is 11.7. The lowest BCUT2D eigenvalue weighted by Crippen LogP contribution is -2.24. The van der Waals surface area contributed by atoms with Gasteiger partial charge in [0, 0.05) is 16.3 Å². The number of nitrogens with zero attached hydrogens (tertiary/aromatic N) is 1. The van der Waals surface area contributed by atoms with Gasteiger partial charge in [-0.3, -0.25) is 0 Å². The average Bonchev–Trinajstić information content (AvgIpc) is 3.05. The standard InChI is InChI=1S/C18H14ClN3O2/c19-14-8-6-13(7-9-14)17-11-10-16(24-17)12-20-22-18(23)21-15-4-2-1-3-5-15/h1-12H,(H2,21,22,23). The lowest BCUT2D eigenvalue weighted by atomic mass is 10.2. The fourth-order valence-corrected chi connectivity index (χ4v) is 2.15. The van der Waals surface area contributed by atoms with Gasteiger partial charge in [-0.15, -0.1) is 0 Å². The largest absolute Gasteiger partial charge is 0.455 e. The summed E-state index contributed by atoms with van der Waals surface area (Å²) in [4.78, 5) is 11.7. The Morgan fingerprint density at radius 3 is 2.50 bits per heavy atom. The van der Waals surface area contributed by atoms with Crippen LogP contribution in [0.5, 0.6) is 0 Å². The number of urea groups is 1. The van der Waals surface area contributed by atoms with Crippen LogP contribution in [0.15, 0.2) is 76.2 Å². The van der Waals surface area contributed by atoms with Crippen molar-refractivity contribution in [3.05, 3.63) is 77.5 Å². The van der Waals surface area contributed by atoms with Gasteiger partial charge in [0.1, 0.15) is 11.5 Å². The number of carbonyl (C=O) groups is 1. The van der Waals surface area contributed by atoms with Crippen molar-refractivity contribution in [3.63, 3.8) is 0 Å². The molecule has 0 unspecified atom stereocenters. The first kappa shape index (κ1) is 15.8. The minimum absolute atomic E-state index is 0.429. The quantitative estimate of drug-likeness (QED) is 0.531. The van der Waals surface area contributed by atoms with Crippen molar-refractivity contribution in [2.24, 2.45) is 5.10 Å². The number of hydrogen-bond donors (Lipinski definition) is 2. The van der Waals surface area contributed by atoms with Gasteiger partial charge in [0.15, 0.2) is 0 Å². The number of amides is 2. The minimum Gasteiger partial charge on any atom is -0.455 e. The van der Waals surface area contributed by atoms with Crippen molar-refractivity contribution < 1.29 is 9.21 Å². The number of anilines is 1. The second-order valence-corrected chi connectivity index (χ2v) is 5.34. The van der Waals surface area contributed by atoms with E-state index in [0.717, 1.165) is 5.56 Å². The number of furan rings is 1. The van der Waals surface area contributed by atoms with E-state index in [1.54, 1.807) is 30.3 Å². The van der Waals surface area contributed by atoms with E-state index < -0.39 is 6.03 Å². The maximum Gasteiger partial charge on any atom is 0.339 e. The zero-order valence-corrected chi connectivity index (χ0v) is 13.3. The number of carbonyl (C=O) groups excluding carboxylic acids is 1. The molecular weight excluding hydrogens is 326 g/mol. The SMILES string of the molecule is O=C(NN=Cc1ccc(-c2ccc(Cl)cc2)o1)Nc1ccccc1. The number of benzene rings is 2. The van der Waals surface area contributed by atoms with Crippen molar-refractivity contribution in [2.45, 2.75) is 0 Å². The van der Waals surface area contributed by atoms with Crippen molar-refractivity contribution >= 4 is 29.5 Å². The van der Waals surface area contributed by atoms with Gasteiger partial charge < -0.3 is 9.73 Å². The van der Waals surface area contributed by atoms with E-state index in [9.17, 15) is 4.79 Å². The Balaban J connectivity index is 1.57. The molecule has 0 aliphatic carbocycles. The molecule has 5 nitrogen and oxygen atoms in total. The molecule has 3 rings (SSSR count). The highest BCUT2D eigenvalue weighted by atomic mass is 35.5. The molecular formula is C18H14ClN3O2. The van der Waals surface area contributed by atoms with Gasteiger partial charge in [0.25, 0.3) is 0 Å². The Hall–Kier alpha value is -3.05. The topological polar surface area (TPSA) is 66.6 Å². The van der Waals surface area contributed by atoms with Gasteiger partial charge in [-0.1, -0.05) is 29.8 Å². The van der Waals surface area contributed by atoms with E-state index in [1.165, 1.54) is 6.21 Å². The Kier molecular flexibility index (Phi) is 4.93. The van der Waals surface area contributed by atoms with E-state index in [0.29, 0.717) is 22.2 Å². The normalized spacial score (nSPS) is 10.7. The van der Waals surface area contributed by atoms with Crippen molar-refractivity contribution in [2.75, 3.05) is 5.32 Å². The number of halogens is 1. The zero-order chi connectivity index (χ0) is 16.8. The van der Waals surface area contributed by atoms with E-state index in [2.05, 4.69) is 15.8 Å². The van der Waals surface area contributed by atoms with Crippen LogP contribution >= 0.6 is 11.6 Å². The van der Waals surface area contributed by atoms with Crippen LogP contribution in [0.25, 0.3) is 11.3 Å². The van der Waals surface area contributed by atoms with E-state index >= 15 is 0 Å². The number of hydrogen-bond acceptors (Lipinski definition) is 3. The highest BCUT2D eigenvalue weighted by Gasteiger charge is 2.04. The summed E-state index contributed by atoms with van der Waals surface area (Å²) in [5.41, 5.74) is 3.98. The van der Waals surface area contributed by atoms with Crippen LogP contribution in [-0.2, 0) is 0 Å². The lowest BCUT2D eigenvalue weighted by Gasteiger charge is -2.02. The van der Waals surface area contributed by atoms with Gasteiger partial charge in [0.2, 0.25) is 0 Å². The monoisotopic (exact) mass is 339 g/mol. The molecule has 1 aromatic heterocycles. The molecule has 1 heterocycles. The van der Waals surface area contributed by atoms with E-state index in [4.69, 9.17) is 16.0 Å². The molecule has 2 aromatic carbocycles. The van der Waals surface area contributed by atoms with Crippen LogP contribution in [0.4, 0.5) is 10.5 Å².